The van der Waals surface area contributed by atoms with Gasteiger partial charge >= 0.3 is 5.97 Å². The highest BCUT2D eigenvalue weighted by Crippen LogP contribution is 2.34. The summed E-state index contributed by atoms with van der Waals surface area (Å²) in [4.78, 5) is 24.9. The van der Waals surface area contributed by atoms with E-state index in [0.29, 0.717) is 28.7 Å². The van der Waals surface area contributed by atoms with Crippen LogP contribution in [0.2, 0.25) is 0 Å². The van der Waals surface area contributed by atoms with E-state index < -0.39 is 17.0 Å². The van der Waals surface area contributed by atoms with E-state index in [4.69, 9.17) is 26.8 Å². The molecular weight excluding hydrogens is 457 g/mol. The van der Waals surface area contributed by atoms with Crippen LogP contribution >= 0.6 is 24.0 Å². The number of phenolic OH excluding ortho intramolecular Hbond substituents is 1. The molecule has 0 bridgehead atoms. The van der Waals surface area contributed by atoms with Gasteiger partial charge in [-0.1, -0.05) is 36.1 Å². The average Bonchev–Trinajstić information content (AvgIpc) is 3.01. The van der Waals surface area contributed by atoms with Crippen molar-refractivity contribution in [2.45, 2.75) is 31.1 Å². The van der Waals surface area contributed by atoms with Gasteiger partial charge in [0, 0.05) is 13.0 Å². The van der Waals surface area contributed by atoms with Gasteiger partial charge in [0.2, 0.25) is 5.91 Å². The van der Waals surface area contributed by atoms with Crippen LogP contribution in [0.4, 0.5) is 4.39 Å². The third-order valence-corrected chi connectivity index (χ3v) is 6.48. The number of carboxylic acid groups (broad SMARTS) is 1. The number of phenols is 1. The number of aliphatic carboxylic acids is 1. The summed E-state index contributed by atoms with van der Waals surface area (Å²) in [5.41, 5.74) is 0.868. The molecule has 1 unspecified atom stereocenters. The van der Waals surface area contributed by atoms with Gasteiger partial charge in [0.05, 0.1) is 17.9 Å². The number of carboxylic acids is 1. The number of thiocarbonyl (C=S) groups is 1. The summed E-state index contributed by atoms with van der Waals surface area (Å²) in [5, 5.41) is 18.2. The van der Waals surface area contributed by atoms with E-state index in [1.165, 1.54) is 42.0 Å². The minimum atomic E-state index is -0.911. The van der Waals surface area contributed by atoms with Gasteiger partial charge in [0.1, 0.15) is 22.5 Å². The highest BCUT2D eigenvalue weighted by atomic mass is 32.2. The predicted molar refractivity (Wildman–Crippen MR) is 122 cm³/mol. The van der Waals surface area contributed by atoms with Crippen LogP contribution in [-0.4, -0.2) is 50.2 Å². The number of benzene rings is 2. The van der Waals surface area contributed by atoms with Crippen molar-refractivity contribution in [3.05, 3.63) is 53.3 Å². The number of hydrogen-bond donors (Lipinski definition) is 2. The van der Waals surface area contributed by atoms with Crippen LogP contribution < -0.4 is 9.47 Å². The summed E-state index contributed by atoms with van der Waals surface area (Å²) in [5.74, 6) is -1.03. The lowest BCUT2D eigenvalue weighted by atomic mass is 10.1. The Morgan fingerprint density at radius 2 is 2.06 bits per heavy atom. The summed E-state index contributed by atoms with van der Waals surface area (Å²) in [6.45, 7) is 0.108. The van der Waals surface area contributed by atoms with E-state index in [9.17, 15) is 19.1 Å². The van der Waals surface area contributed by atoms with Crippen molar-refractivity contribution in [2.24, 2.45) is 0 Å². The Labute approximate surface area is 194 Å². The fourth-order valence-corrected chi connectivity index (χ4v) is 4.82. The molecule has 1 heterocycles. The lowest BCUT2D eigenvalue weighted by Gasteiger charge is -2.15. The molecule has 10 heteroatoms. The molecule has 0 radical (unpaired) electrons. The van der Waals surface area contributed by atoms with Crippen molar-refractivity contribution in [1.29, 1.82) is 0 Å². The zero-order chi connectivity index (χ0) is 23.3. The minimum absolute atomic E-state index is 0.0228. The molecule has 1 amide bonds. The third kappa shape index (κ3) is 5.68. The van der Waals surface area contributed by atoms with Gasteiger partial charge in [-0.25, -0.2) is 4.39 Å². The van der Waals surface area contributed by atoms with Crippen molar-refractivity contribution in [2.75, 3.05) is 13.7 Å². The van der Waals surface area contributed by atoms with Gasteiger partial charge < -0.3 is 19.7 Å². The molecule has 2 N–H and O–H groups in total. The van der Waals surface area contributed by atoms with Gasteiger partial charge in [0.15, 0.2) is 11.5 Å². The first kappa shape index (κ1) is 23.8. The number of amides is 1. The number of rotatable bonds is 10. The van der Waals surface area contributed by atoms with Crippen LogP contribution in [0.3, 0.4) is 0 Å². The molecule has 1 saturated heterocycles. The van der Waals surface area contributed by atoms with Crippen molar-refractivity contribution in [3.8, 4) is 17.2 Å². The zero-order valence-corrected chi connectivity index (χ0v) is 18.9. The first-order valence-corrected chi connectivity index (χ1v) is 11.1. The fraction of sp³-hybridized carbons (Fsp3) is 0.318. The van der Waals surface area contributed by atoms with Crippen molar-refractivity contribution in [1.82, 2.24) is 4.90 Å². The van der Waals surface area contributed by atoms with E-state index >= 15 is 0 Å². The lowest BCUT2D eigenvalue weighted by Crippen LogP contribution is -2.33. The number of carbonyl (C=O) groups excluding carboxylic acids is 1. The smallest absolute Gasteiger partial charge is 0.303 e. The number of thioether (sulfide) groups is 1. The molecule has 2 aromatic rings. The molecule has 0 saturated carbocycles. The lowest BCUT2D eigenvalue weighted by molar-refractivity contribution is -0.137. The van der Waals surface area contributed by atoms with Gasteiger partial charge in [-0.05, 0) is 42.7 Å². The summed E-state index contributed by atoms with van der Waals surface area (Å²) < 4.78 is 25.4. The Bertz CT molecular complexity index is 1010. The second-order valence-corrected chi connectivity index (χ2v) is 8.91. The second kappa shape index (κ2) is 10.6. The van der Waals surface area contributed by atoms with Crippen LogP contribution in [0, 0.1) is 5.82 Å². The van der Waals surface area contributed by atoms with E-state index in [0.717, 1.165) is 5.56 Å². The van der Waals surface area contributed by atoms with Crippen LogP contribution in [0.25, 0.3) is 0 Å². The van der Waals surface area contributed by atoms with E-state index in [1.807, 2.05) is 0 Å². The maximum atomic E-state index is 13.9. The molecule has 3 rings (SSSR count). The number of aromatic hydroxyl groups is 1. The van der Waals surface area contributed by atoms with Crippen molar-refractivity contribution < 1.29 is 33.7 Å². The molecule has 0 spiro atoms. The highest BCUT2D eigenvalue weighted by molar-refractivity contribution is 8.24. The molecule has 1 aliphatic rings. The quantitative estimate of drug-likeness (QED) is 0.498. The number of carbonyl (C=O) groups is 2. The second-order valence-electron chi connectivity index (χ2n) is 7.08. The number of ether oxygens (including phenoxy) is 2. The van der Waals surface area contributed by atoms with E-state index in [2.05, 4.69) is 0 Å². The van der Waals surface area contributed by atoms with Gasteiger partial charge in [0.25, 0.3) is 0 Å². The first-order chi connectivity index (χ1) is 15.3. The summed E-state index contributed by atoms with van der Waals surface area (Å²) in [6.07, 6.45) is 0.723. The maximum absolute atomic E-state index is 13.9. The molecule has 1 fully saturated rings. The molecular formula is C22H22FNO6S2. The van der Waals surface area contributed by atoms with Crippen LogP contribution in [0.5, 0.6) is 17.2 Å². The van der Waals surface area contributed by atoms with Gasteiger partial charge in [-0.3, -0.25) is 14.5 Å². The Hall–Kier alpha value is -2.85. The molecule has 0 aromatic heterocycles. The molecule has 32 heavy (non-hydrogen) atoms. The molecule has 170 valence electrons. The standard InChI is InChI=1S/C22H22FNO6S2/c1-29-18-10-13(7-8-17(18)30-12-14-15(23)4-2-5-16(14)25)11-19-21(28)24(22(31)32-19)9-3-6-20(26)27/h2,4-5,7-8,10,19,25H,3,6,9,11-12H2,1H3,(H,26,27). The molecule has 1 atom stereocenters. The number of methoxy groups -OCH3 is 1. The highest BCUT2D eigenvalue weighted by Gasteiger charge is 2.36. The first-order valence-electron chi connectivity index (χ1n) is 9.80. The largest absolute Gasteiger partial charge is 0.507 e. The Morgan fingerprint density at radius 3 is 2.75 bits per heavy atom. The van der Waals surface area contributed by atoms with E-state index in [-0.39, 0.29) is 36.8 Å². The summed E-state index contributed by atoms with van der Waals surface area (Å²) >= 11 is 6.57. The normalized spacial score (nSPS) is 15.8. The maximum Gasteiger partial charge on any atom is 0.303 e. The number of halogens is 1. The molecule has 0 aliphatic carbocycles. The monoisotopic (exact) mass is 479 g/mol. The van der Waals surface area contributed by atoms with Crippen LogP contribution in [-0.2, 0) is 22.6 Å². The van der Waals surface area contributed by atoms with Crippen LogP contribution in [0.1, 0.15) is 24.0 Å². The SMILES string of the molecule is COc1cc(CC2SC(=S)N(CCCC(=O)O)C2=O)ccc1OCc1c(O)cccc1F. The van der Waals surface area contributed by atoms with Crippen molar-refractivity contribution >= 4 is 40.2 Å². The zero-order valence-electron chi connectivity index (χ0n) is 17.2. The Morgan fingerprint density at radius 1 is 1.28 bits per heavy atom. The summed E-state index contributed by atoms with van der Waals surface area (Å²) in [7, 11) is 1.47. The van der Waals surface area contributed by atoms with Gasteiger partial charge in [-0.2, -0.15) is 0 Å². The van der Waals surface area contributed by atoms with Crippen molar-refractivity contribution in [3.63, 3.8) is 0 Å². The average molecular weight is 480 g/mol. The minimum Gasteiger partial charge on any atom is -0.507 e. The molecule has 2 aromatic carbocycles. The Kier molecular flexibility index (Phi) is 7.92. The number of hydrogen-bond acceptors (Lipinski definition) is 7. The van der Waals surface area contributed by atoms with Gasteiger partial charge in [-0.15, -0.1) is 0 Å². The fourth-order valence-electron chi connectivity index (χ4n) is 3.23. The van der Waals surface area contributed by atoms with Crippen LogP contribution in [0.15, 0.2) is 36.4 Å². The predicted octanol–water partition coefficient (Wildman–Crippen LogP) is 3.76. The Balaban J connectivity index is 1.65. The third-order valence-electron chi connectivity index (χ3n) is 4.89. The molecule has 7 nitrogen and oxygen atoms in total. The topological polar surface area (TPSA) is 96.3 Å². The number of nitrogens with zero attached hydrogens (tertiary/aromatic N) is 1. The molecule has 1 aliphatic heterocycles. The summed E-state index contributed by atoms with van der Waals surface area (Å²) in [6, 6.07) is 9.21. The van der Waals surface area contributed by atoms with E-state index in [1.54, 1.807) is 18.2 Å².